The van der Waals surface area contributed by atoms with Crippen molar-refractivity contribution in [1.82, 2.24) is 24.6 Å². The molecule has 0 amide bonds. The molecule has 1 saturated heterocycles. The smallest absolute Gasteiger partial charge is 0.459 e. The van der Waals surface area contributed by atoms with Crippen LogP contribution in [0.4, 0.5) is 11.8 Å². The lowest BCUT2D eigenvalue weighted by Crippen LogP contribution is -2.35. The van der Waals surface area contributed by atoms with Crippen molar-refractivity contribution in [3.63, 3.8) is 0 Å². The molecular formula is C23H31N8O6P. The summed E-state index contributed by atoms with van der Waals surface area (Å²) < 4.78 is 37.7. The molecule has 1 aromatic carbocycles. The van der Waals surface area contributed by atoms with Gasteiger partial charge in [0, 0.05) is 20.5 Å². The Balaban J connectivity index is 1.50. The number of carbonyl (C=O) groups excluding carboxylic acids is 1. The highest BCUT2D eigenvalue weighted by molar-refractivity contribution is 7.52. The van der Waals surface area contributed by atoms with Crippen LogP contribution in [0.3, 0.4) is 0 Å². The van der Waals surface area contributed by atoms with E-state index in [4.69, 9.17) is 29.7 Å². The van der Waals surface area contributed by atoms with Gasteiger partial charge in [0.2, 0.25) is 5.95 Å². The Morgan fingerprint density at radius 3 is 2.76 bits per heavy atom. The predicted octanol–water partition coefficient (Wildman–Crippen LogP) is 2.53. The molecule has 204 valence electrons. The van der Waals surface area contributed by atoms with Crippen molar-refractivity contribution in [3.8, 4) is 5.75 Å². The number of nitrogens with two attached hydrogens (primary N) is 1. The Hall–Kier alpha value is -3.58. The number of hydrogen-bond donors (Lipinski definition) is 3. The maximum atomic E-state index is 13.6. The van der Waals surface area contributed by atoms with Crippen LogP contribution in [0.15, 0.2) is 36.7 Å². The number of carbonyl (C=O) groups is 1. The van der Waals surface area contributed by atoms with E-state index >= 15 is 0 Å². The lowest BCUT2D eigenvalue weighted by molar-refractivity contribution is -0.144. The van der Waals surface area contributed by atoms with Gasteiger partial charge in [-0.2, -0.15) is 15.1 Å². The topological polar surface area (TPSA) is 180 Å². The molecule has 38 heavy (non-hydrogen) atoms. The summed E-state index contributed by atoms with van der Waals surface area (Å²) in [5.41, 5.74) is 7.07. The molecule has 0 saturated carbocycles. The first-order valence-electron chi connectivity index (χ1n) is 11.9. The molecular weight excluding hydrogens is 515 g/mol. The highest BCUT2D eigenvalue weighted by atomic mass is 31.2. The van der Waals surface area contributed by atoms with Crippen LogP contribution in [0, 0.1) is 5.41 Å². The standard InChI is InChI=1S/C23H31N8O6P/c1-5-34-22(32)14(2)29-38(33,37-15-9-7-6-8-10-15)35-12-16-11-17(24)21(36-16)31-13-26-18-19(30(3)4)27-23(25)28-20(18)31/h6-10,13-14,16,21,24H,5,11-12H2,1-4H3,(H,29,33)(H2,25,27,28)/t14-,16+,21-,38+/m1/s1. The third-order valence-corrected chi connectivity index (χ3v) is 7.20. The second-order valence-corrected chi connectivity index (χ2v) is 10.5. The second kappa shape index (κ2) is 11.4. The van der Waals surface area contributed by atoms with E-state index in [2.05, 4.69) is 20.0 Å². The molecule has 4 N–H and O–H groups in total. The van der Waals surface area contributed by atoms with Crippen LogP contribution < -0.4 is 20.2 Å². The van der Waals surface area contributed by atoms with Gasteiger partial charge < -0.3 is 30.0 Å². The number of ether oxygens (including phenoxy) is 2. The SMILES string of the molecule is CCOC(=O)[C@@H](C)N[P@](=O)(OC[C@@H]1CC(=N)[C@H](n2cnc3c(N(C)C)nc(N)nc32)O1)Oc1ccccc1. The van der Waals surface area contributed by atoms with Crippen LogP contribution in [0.2, 0.25) is 0 Å². The van der Waals surface area contributed by atoms with Crippen LogP contribution in [-0.4, -0.2) is 70.7 Å². The number of nitrogens with one attached hydrogen (secondary N) is 2. The number of aromatic nitrogens is 4. The van der Waals surface area contributed by atoms with E-state index in [1.807, 2.05) is 14.1 Å². The molecule has 1 aliphatic rings. The zero-order valence-corrected chi connectivity index (χ0v) is 22.4. The Kier molecular flexibility index (Phi) is 8.26. The first kappa shape index (κ1) is 27.5. The van der Waals surface area contributed by atoms with E-state index in [0.717, 1.165) is 0 Å². The summed E-state index contributed by atoms with van der Waals surface area (Å²) >= 11 is 0. The van der Waals surface area contributed by atoms with E-state index < -0.39 is 32.1 Å². The number of fused-ring (bicyclic) bond motifs is 1. The van der Waals surface area contributed by atoms with Gasteiger partial charge in [-0.15, -0.1) is 0 Å². The van der Waals surface area contributed by atoms with Crippen molar-refractivity contribution in [3.05, 3.63) is 36.7 Å². The molecule has 0 aliphatic carbocycles. The zero-order valence-electron chi connectivity index (χ0n) is 21.5. The normalized spacial score (nSPS) is 19.7. The number of esters is 1. The van der Waals surface area contributed by atoms with Crippen LogP contribution in [-0.2, 0) is 23.4 Å². The van der Waals surface area contributed by atoms with Gasteiger partial charge in [0.1, 0.15) is 11.8 Å². The number of imidazole rings is 1. The van der Waals surface area contributed by atoms with Gasteiger partial charge in [0.05, 0.1) is 31.4 Å². The molecule has 3 heterocycles. The van der Waals surface area contributed by atoms with E-state index in [1.165, 1.54) is 13.3 Å². The second-order valence-electron chi connectivity index (χ2n) is 8.76. The molecule has 15 heteroatoms. The maximum absolute atomic E-state index is 13.6. The van der Waals surface area contributed by atoms with Gasteiger partial charge in [0.25, 0.3) is 0 Å². The number of para-hydroxylation sites is 1. The van der Waals surface area contributed by atoms with Gasteiger partial charge in [0.15, 0.2) is 23.2 Å². The van der Waals surface area contributed by atoms with Crippen LogP contribution in [0.5, 0.6) is 5.75 Å². The molecule has 4 rings (SSSR count). The Bertz CT molecular complexity index is 1350. The zero-order chi connectivity index (χ0) is 27.4. The van der Waals surface area contributed by atoms with Crippen molar-refractivity contribution in [2.45, 2.75) is 38.6 Å². The summed E-state index contributed by atoms with van der Waals surface area (Å²) in [6, 6.07) is 7.48. The fourth-order valence-electron chi connectivity index (χ4n) is 3.84. The molecule has 0 bridgehead atoms. The number of hydrogen-bond acceptors (Lipinski definition) is 12. The highest BCUT2D eigenvalue weighted by Crippen LogP contribution is 2.45. The third-order valence-electron chi connectivity index (χ3n) is 5.55. The molecule has 0 spiro atoms. The van der Waals surface area contributed by atoms with Crippen molar-refractivity contribution in [2.75, 3.05) is 37.9 Å². The minimum absolute atomic E-state index is 0.0631. The summed E-state index contributed by atoms with van der Waals surface area (Å²) in [4.78, 5) is 26.8. The minimum Gasteiger partial charge on any atom is -0.465 e. The number of benzene rings is 1. The van der Waals surface area contributed by atoms with Crippen LogP contribution >= 0.6 is 7.75 Å². The largest absolute Gasteiger partial charge is 0.465 e. The van der Waals surface area contributed by atoms with E-state index in [9.17, 15) is 9.36 Å². The van der Waals surface area contributed by atoms with Gasteiger partial charge in [-0.1, -0.05) is 18.2 Å². The lowest BCUT2D eigenvalue weighted by Gasteiger charge is -2.24. The Morgan fingerprint density at radius 2 is 2.08 bits per heavy atom. The first-order valence-corrected chi connectivity index (χ1v) is 13.5. The Labute approximate surface area is 219 Å². The number of nitrogens with zero attached hydrogens (tertiary/aromatic N) is 5. The molecule has 1 aliphatic heterocycles. The van der Waals surface area contributed by atoms with Gasteiger partial charge in [-0.25, -0.2) is 9.55 Å². The fourth-order valence-corrected chi connectivity index (χ4v) is 5.36. The maximum Gasteiger partial charge on any atom is 0.459 e. The average molecular weight is 547 g/mol. The summed E-state index contributed by atoms with van der Waals surface area (Å²) in [7, 11) is -0.426. The molecule has 2 aromatic heterocycles. The molecule has 0 radical (unpaired) electrons. The fraction of sp³-hybridized carbons (Fsp3) is 0.435. The van der Waals surface area contributed by atoms with E-state index in [1.54, 1.807) is 46.7 Å². The number of anilines is 2. The average Bonchev–Trinajstić information content (AvgIpc) is 3.45. The van der Waals surface area contributed by atoms with Crippen molar-refractivity contribution >= 4 is 42.4 Å². The quantitative estimate of drug-likeness (QED) is 0.237. The molecule has 3 aromatic rings. The molecule has 14 nitrogen and oxygen atoms in total. The van der Waals surface area contributed by atoms with Crippen LogP contribution in [0.25, 0.3) is 11.2 Å². The van der Waals surface area contributed by atoms with Gasteiger partial charge in [-0.05, 0) is 26.0 Å². The monoisotopic (exact) mass is 546 g/mol. The van der Waals surface area contributed by atoms with Gasteiger partial charge in [-0.3, -0.25) is 13.9 Å². The minimum atomic E-state index is -4.05. The van der Waals surface area contributed by atoms with Crippen molar-refractivity contribution < 1.29 is 27.9 Å². The third kappa shape index (κ3) is 6.10. The summed E-state index contributed by atoms with van der Waals surface area (Å²) in [5.74, 6) is 0.290. The van der Waals surface area contributed by atoms with Gasteiger partial charge >= 0.3 is 13.7 Å². The first-order chi connectivity index (χ1) is 18.1. The summed E-state index contributed by atoms with van der Waals surface area (Å²) in [6.07, 6.45) is 0.258. The van der Waals surface area contributed by atoms with Crippen molar-refractivity contribution in [1.29, 1.82) is 5.41 Å². The van der Waals surface area contributed by atoms with Crippen LogP contribution in [0.1, 0.15) is 26.5 Å². The lowest BCUT2D eigenvalue weighted by atomic mass is 10.2. The molecule has 1 fully saturated rings. The number of rotatable bonds is 11. The van der Waals surface area contributed by atoms with E-state index in [-0.39, 0.29) is 37.0 Å². The Morgan fingerprint density at radius 1 is 1.34 bits per heavy atom. The highest BCUT2D eigenvalue weighted by Gasteiger charge is 2.38. The number of nitrogen functional groups attached to an aromatic ring is 1. The predicted molar refractivity (Wildman–Crippen MR) is 140 cm³/mol. The summed E-state index contributed by atoms with van der Waals surface area (Å²) in [6.45, 7) is 3.16. The molecule has 0 unspecified atom stereocenters. The van der Waals surface area contributed by atoms with Crippen molar-refractivity contribution in [2.24, 2.45) is 0 Å². The summed E-state index contributed by atoms with van der Waals surface area (Å²) in [5, 5.41) is 11.1. The molecule has 4 atom stereocenters. The van der Waals surface area contributed by atoms with E-state index in [0.29, 0.717) is 17.0 Å².